The average molecular weight is 369 g/mol. The minimum absolute atomic E-state index is 0.100. The van der Waals surface area contributed by atoms with Crippen molar-refractivity contribution in [3.05, 3.63) is 35.8 Å². The number of alkyl halides is 3. The van der Waals surface area contributed by atoms with Crippen LogP contribution in [-0.4, -0.2) is 23.1 Å². The minimum Gasteiger partial charge on any atom is -0.384 e. The van der Waals surface area contributed by atoms with E-state index in [-0.39, 0.29) is 11.6 Å². The molecule has 26 heavy (non-hydrogen) atoms. The van der Waals surface area contributed by atoms with E-state index in [2.05, 4.69) is 25.9 Å². The molecule has 1 aromatic carbocycles. The van der Waals surface area contributed by atoms with E-state index in [9.17, 15) is 17.6 Å². The van der Waals surface area contributed by atoms with Crippen molar-refractivity contribution in [1.82, 2.24) is 9.97 Å². The molecular formula is C17H19F4N5. The van der Waals surface area contributed by atoms with Gasteiger partial charge in [-0.15, -0.1) is 0 Å². The van der Waals surface area contributed by atoms with Crippen molar-refractivity contribution >= 4 is 23.1 Å². The second-order valence-electron chi connectivity index (χ2n) is 6.15. The molecule has 1 saturated carbocycles. The molecule has 0 saturated heterocycles. The zero-order valence-corrected chi connectivity index (χ0v) is 14.1. The van der Waals surface area contributed by atoms with Crippen molar-refractivity contribution in [3.8, 4) is 0 Å². The van der Waals surface area contributed by atoms with Crippen LogP contribution in [0, 0.1) is 5.82 Å². The third-order valence-electron chi connectivity index (χ3n) is 4.30. The van der Waals surface area contributed by atoms with E-state index in [4.69, 9.17) is 0 Å². The van der Waals surface area contributed by atoms with Crippen molar-refractivity contribution in [3.63, 3.8) is 0 Å². The molecule has 0 spiro atoms. The summed E-state index contributed by atoms with van der Waals surface area (Å²) in [5.41, 5.74) is -0.479. The van der Waals surface area contributed by atoms with Crippen LogP contribution in [0.1, 0.15) is 31.2 Å². The molecule has 9 heteroatoms. The highest BCUT2D eigenvalue weighted by Crippen LogP contribution is 2.32. The Labute approximate surface area is 148 Å². The number of hydrogen-bond donors (Lipinski definition) is 3. The van der Waals surface area contributed by atoms with Crippen LogP contribution in [0.5, 0.6) is 0 Å². The Kier molecular flexibility index (Phi) is 5.15. The fourth-order valence-electron chi connectivity index (χ4n) is 2.91. The quantitative estimate of drug-likeness (QED) is 0.663. The Morgan fingerprint density at radius 1 is 1.12 bits per heavy atom. The maximum atomic E-state index is 14.0. The first-order valence-corrected chi connectivity index (χ1v) is 8.32. The van der Waals surface area contributed by atoms with E-state index < -0.39 is 17.6 Å². The summed E-state index contributed by atoms with van der Waals surface area (Å²) >= 11 is 0. The molecule has 3 rings (SSSR count). The summed E-state index contributed by atoms with van der Waals surface area (Å²) in [5, 5.41) is 8.95. The van der Waals surface area contributed by atoms with Gasteiger partial charge >= 0.3 is 6.18 Å². The fraction of sp³-hybridized carbons (Fsp3) is 0.412. The number of aromatic nitrogens is 2. The second-order valence-corrected chi connectivity index (χ2v) is 6.15. The summed E-state index contributed by atoms with van der Waals surface area (Å²) in [6.45, 7) is 0. The largest absolute Gasteiger partial charge is 0.416 e. The van der Waals surface area contributed by atoms with Crippen LogP contribution in [0.15, 0.2) is 24.4 Å². The van der Waals surface area contributed by atoms with Gasteiger partial charge < -0.3 is 16.0 Å². The summed E-state index contributed by atoms with van der Waals surface area (Å²) in [4.78, 5) is 8.41. The van der Waals surface area contributed by atoms with E-state index >= 15 is 0 Å². The maximum Gasteiger partial charge on any atom is 0.416 e. The lowest BCUT2D eigenvalue weighted by Crippen LogP contribution is -2.17. The van der Waals surface area contributed by atoms with Gasteiger partial charge in [-0.25, -0.2) is 9.37 Å². The standard InChI is InChI=1S/C17H19F4N5/c1-22-14-9-23-16(26-15(14)24-11-4-2-3-5-11)25-13-7-6-10(8-12(13)18)17(19,20)21/h6-9,11,22H,2-5H2,1H3,(H2,23,24,25,26). The lowest BCUT2D eigenvalue weighted by Gasteiger charge is -2.17. The molecule has 1 aliphatic rings. The first-order valence-electron chi connectivity index (χ1n) is 8.32. The molecule has 3 N–H and O–H groups in total. The molecule has 0 atom stereocenters. The summed E-state index contributed by atoms with van der Waals surface area (Å²) < 4.78 is 51.9. The molecule has 1 fully saturated rings. The number of halogens is 4. The van der Waals surface area contributed by atoms with Crippen LogP contribution in [0.4, 0.5) is 40.7 Å². The number of benzene rings is 1. The summed E-state index contributed by atoms with van der Waals surface area (Å²) in [6.07, 6.45) is 1.34. The minimum atomic E-state index is -4.59. The normalized spacial score (nSPS) is 15.1. The smallest absolute Gasteiger partial charge is 0.384 e. The topological polar surface area (TPSA) is 61.9 Å². The van der Waals surface area contributed by atoms with E-state index in [1.165, 1.54) is 6.20 Å². The van der Waals surface area contributed by atoms with Gasteiger partial charge in [-0.3, -0.25) is 0 Å². The maximum absolute atomic E-state index is 14.0. The number of anilines is 4. The molecule has 5 nitrogen and oxygen atoms in total. The summed E-state index contributed by atoms with van der Waals surface area (Å²) in [5.74, 6) is -0.348. The van der Waals surface area contributed by atoms with Gasteiger partial charge in [0.25, 0.3) is 0 Å². The Morgan fingerprint density at radius 2 is 1.85 bits per heavy atom. The zero-order valence-electron chi connectivity index (χ0n) is 14.1. The Hall–Kier alpha value is -2.58. The van der Waals surface area contributed by atoms with Gasteiger partial charge in [0.15, 0.2) is 5.82 Å². The van der Waals surface area contributed by atoms with Crippen molar-refractivity contribution in [2.75, 3.05) is 23.0 Å². The van der Waals surface area contributed by atoms with Crippen LogP contribution < -0.4 is 16.0 Å². The lowest BCUT2D eigenvalue weighted by molar-refractivity contribution is -0.137. The SMILES string of the molecule is CNc1cnc(Nc2ccc(C(F)(F)F)cc2F)nc1NC1CCCC1. The van der Waals surface area contributed by atoms with Crippen LogP contribution in [0.25, 0.3) is 0 Å². The van der Waals surface area contributed by atoms with E-state index in [1.807, 2.05) is 0 Å². The van der Waals surface area contributed by atoms with Gasteiger partial charge in [0.05, 0.1) is 23.1 Å². The molecule has 140 valence electrons. The lowest BCUT2D eigenvalue weighted by atomic mass is 10.2. The Balaban J connectivity index is 1.81. The van der Waals surface area contributed by atoms with Gasteiger partial charge in [-0.05, 0) is 31.0 Å². The molecular weight excluding hydrogens is 350 g/mol. The molecule has 1 aromatic heterocycles. The number of nitrogens with one attached hydrogen (secondary N) is 3. The summed E-state index contributed by atoms with van der Waals surface area (Å²) in [7, 11) is 1.74. The van der Waals surface area contributed by atoms with Crippen LogP contribution in [0.2, 0.25) is 0 Å². The van der Waals surface area contributed by atoms with Gasteiger partial charge in [0.1, 0.15) is 5.82 Å². The molecule has 1 aliphatic carbocycles. The highest BCUT2D eigenvalue weighted by Gasteiger charge is 2.31. The number of hydrogen-bond acceptors (Lipinski definition) is 5. The van der Waals surface area contributed by atoms with Crippen LogP contribution in [-0.2, 0) is 6.18 Å². The van der Waals surface area contributed by atoms with Gasteiger partial charge in [-0.2, -0.15) is 18.2 Å². The second kappa shape index (κ2) is 7.35. The van der Waals surface area contributed by atoms with Gasteiger partial charge in [-0.1, -0.05) is 12.8 Å². The van der Waals surface area contributed by atoms with Crippen LogP contribution >= 0.6 is 0 Å². The third kappa shape index (κ3) is 4.14. The van der Waals surface area contributed by atoms with Gasteiger partial charge in [0, 0.05) is 13.1 Å². The highest BCUT2D eigenvalue weighted by atomic mass is 19.4. The van der Waals surface area contributed by atoms with E-state index in [0.29, 0.717) is 23.6 Å². The predicted molar refractivity (Wildman–Crippen MR) is 92.1 cm³/mol. The molecule has 1 heterocycles. The first-order chi connectivity index (χ1) is 12.4. The first kappa shape index (κ1) is 18.2. The highest BCUT2D eigenvalue weighted by molar-refractivity contribution is 5.66. The third-order valence-corrected chi connectivity index (χ3v) is 4.30. The van der Waals surface area contributed by atoms with Crippen LogP contribution in [0.3, 0.4) is 0 Å². The van der Waals surface area contributed by atoms with Crippen molar-refractivity contribution in [1.29, 1.82) is 0 Å². The Morgan fingerprint density at radius 3 is 2.46 bits per heavy atom. The van der Waals surface area contributed by atoms with E-state index in [0.717, 1.165) is 37.8 Å². The average Bonchev–Trinajstić information content (AvgIpc) is 3.09. The molecule has 0 unspecified atom stereocenters. The van der Waals surface area contributed by atoms with E-state index in [1.54, 1.807) is 7.05 Å². The number of nitrogens with zero attached hydrogens (tertiary/aromatic N) is 2. The molecule has 0 aliphatic heterocycles. The van der Waals surface area contributed by atoms with Crippen molar-refractivity contribution in [2.45, 2.75) is 37.9 Å². The zero-order chi connectivity index (χ0) is 18.7. The molecule has 0 radical (unpaired) electrons. The number of rotatable bonds is 5. The van der Waals surface area contributed by atoms with Gasteiger partial charge in [0.2, 0.25) is 5.95 Å². The monoisotopic (exact) mass is 369 g/mol. The van der Waals surface area contributed by atoms with Crippen molar-refractivity contribution < 1.29 is 17.6 Å². The fourth-order valence-corrected chi connectivity index (χ4v) is 2.91. The summed E-state index contributed by atoms with van der Waals surface area (Å²) in [6, 6.07) is 2.60. The van der Waals surface area contributed by atoms with Crippen molar-refractivity contribution in [2.24, 2.45) is 0 Å². The predicted octanol–water partition coefficient (Wildman–Crippen LogP) is 4.77. The molecule has 2 aromatic rings. The Bertz CT molecular complexity index is 772. The molecule has 0 amide bonds. The molecule has 0 bridgehead atoms.